The van der Waals surface area contributed by atoms with E-state index in [1.165, 1.54) is 20.5 Å². The van der Waals surface area contributed by atoms with Gasteiger partial charge >= 0.3 is 0 Å². The van der Waals surface area contributed by atoms with Crippen molar-refractivity contribution in [1.82, 2.24) is 0 Å². The molecule has 0 spiro atoms. The molecule has 0 bridgehead atoms. The van der Waals surface area contributed by atoms with Gasteiger partial charge in [0.15, 0.2) is 0 Å². The lowest BCUT2D eigenvalue weighted by atomic mass is 10.2. The zero-order valence-corrected chi connectivity index (χ0v) is 8.53. The molecule has 0 aliphatic rings. The second-order valence-electron chi connectivity index (χ2n) is 3.29. The Morgan fingerprint density at radius 1 is 1.31 bits per heavy atom. The Balaban J connectivity index is 2.49. The predicted molar refractivity (Wildman–Crippen MR) is 59.3 cm³/mol. The number of fused-ring (bicyclic) bond motifs is 1. The highest BCUT2D eigenvalue weighted by Gasteiger charge is 2.00. The fourth-order valence-corrected chi connectivity index (χ4v) is 2.54. The van der Waals surface area contributed by atoms with Crippen LogP contribution in [0.4, 0.5) is 0 Å². The highest BCUT2D eigenvalue weighted by atomic mass is 32.1. The minimum Gasteiger partial charge on any atom is -0.330 e. The van der Waals surface area contributed by atoms with Gasteiger partial charge in [0, 0.05) is 9.58 Å². The zero-order chi connectivity index (χ0) is 9.26. The maximum absolute atomic E-state index is 5.52. The van der Waals surface area contributed by atoms with Crippen molar-refractivity contribution in [2.45, 2.75) is 13.3 Å². The van der Waals surface area contributed by atoms with Crippen molar-refractivity contribution >= 4 is 21.4 Å². The van der Waals surface area contributed by atoms with E-state index in [2.05, 4.69) is 31.2 Å². The molecule has 0 amide bonds. The molecule has 68 valence electrons. The highest BCUT2D eigenvalue weighted by Crippen LogP contribution is 2.26. The molecular formula is C11H13NS. The Morgan fingerprint density at radius 3 is 2.92 bits per heavy atom. The number of hydrogen-bond donors (Lipinski definition) is 1. The van der Waals surface area contributed by atoms with Crippen molar-refractivity contribution in [3.8, 4) is 0 Å². The number of aryl methyl sites for hydroxylation is 1. The van der Waals surface area contributed by atoms with Gasteiger partial charge in [-0.25, -0.2) is 0 Å². The van der Waals surface area contributed by atoms with Crippen molar-refractivity contribution < 1.29 is 0 Å². The van der Waals surface area contributed by atoms with E-state index < -0.39 is 0 Å². The van der Waals surface area contributed by atoms with Gasteiger partial charge in [0.2, 0.25) is 0 Å². The largest absolute Gasteiger partial charge is 0.330 e. The first-order valence-corrected chi connectivity index (χ1v) is 5.30. The van der Waals surface area contributed by atoms with Crippen LogP contribution in [0.3, 0.4) is 0 Å². The van der Waals surface area contributed by atoms with Crippen LogP contribution in [0.1, 0.15) is 10.4 Å². The monoisotopic (exact) mass is 191 g/mol. The number of hydrogen-bond acceptors (Lipinski definition) is 2. The zero-order valence-electron chi connectivity index (χ0n) is 7.71. The lowest BCUT2D eigenvalue weighted by Gasteiger charge is -1.89. The molecule has 0 saturated heterocycles. The summed E-state index contributed by atoms with van der Waals surface area (Å²) in [5.74, 6) is 0. The molecule has 1 aromatic carbocycles. The van der Waals surface area contributed by atoms with Crippen LogP contribution in [-0.2, 0) is 6.42 Å². The van der Waals surface area contributed by atoms with E-state index in [9.17, 15) is 0 Å². The van der Waals surface area contributed by atoms with E-state index in [0.717, 1.165) is 13.0 Å². The molecule has 0 saturated carbocycles. The maximum atomic E-state index is 5.52. The lowest BCUT2D eigenvalue weighted by Crippen LogP contribution is -2.00. The van der Waals surface area contributed by atoms with E-state index in [1.807, 2.05) is 11.3 Å². The van der Waals surface area contributed by atoms with Crippen LogP contribution in [-0.4, -0.2) is 6.54 Å². The second-order valence-corrected chi connectivity index (χ2v) is 4.46. The van der Waals surface area contributed by atoms with Crippen molar-refractivity contribution in [3.63, 3.8) is 0 Å². The van der Waals surface area contributed by atoms with Crippen LogP contribution in [0.15, 0.2) is 24.3 Å². The van der Waals surface area contributed by atoms with Crippen molar-refractivity contribution in [2.75, 3.05) is 6.54 Å². The summed E-state index contributed by atoms with van der Waals surface area (Å²) in [6, 6.07) is 8.83. The number of benzene rings is 1. The van der Waals surface area contributed by atoms with E-state index in [0.29, 0.717) is 0 Å². The van der Waals surface area contributed by atoms with Crippen molar-refractivity contribution in [3.05, 3.63) is 34.7 Å². The Bertz CT molecular complexity index is 417. The summed E-state index contributed by atoms with van der Waals surface area (Å²) in [4.78, 5) is 1.39. The minimum atomic E-state index is 0.742. The molecule has 1 heterocycles. The minimum absolute atomic E-state index is 0.742. The fourth-order valence-electron chi connectivity index (χ4n) is 1.48. The fraction of sp³-hybridized carbons (Fsp3) is 0.273. The van der Waals surface area contributed by atoms with Gasteiger partial charge in [0.1, 0.15) is 0 Å². The van der Waals surface area contributed by atoms with Gasteiger partial charge in [-0.15, -0.1) is 11.3 Å². The third kappa shape index (κ3) is 1.74. The second kappa shape index (κ2) is 3.48. The molecule has 0 unspecified atom stereocenters. The Kier molecular flexibility index (Phi) is 2.34. The molecule has 2 aromatic rings. The molecular weight excluding hydrogens is 178 g/mol. The third-order valence-electron chi connectivity index (χ3n) is 2.11. The van der Waals surface area contributed by atoms with Gasteiger partial charge in [-0.1, -0.05) is 17.7 Å². The van der Waals surface area contributed by atoms with Crippen molar-refractivity contribution in [1.29, 1.82) is 0 Å². The summed E-state index contributed by atoms with van der Waals surface area (Å²) in [6.45, 7) is 2.87. The van der Waals surface area contributed by atoms with E-state index in [1.54, 1.807) is 0 Å². The van der Waals surface area contributed by atoms with Gasteiger partial charge in [0.05, 0.1) is 0 Å². The summed E-state index contributed by atoms with van der Waals surface area (Å²) < 4.78 is 1.37. The highest BCUT2D eigenvalue weighted by molar-refractivity contribution is 7.19. The first-order chi connectivity index (χ1) is 6.29. The Morgan fingerprint density at radius 2 is 2.15 bits per heavy atom. The molecule has 2 rings (SSSR count). The first kappa shape index (κ1) is 8.73. The normalized spacial score (nSPS) is 10.9. The van der Waals surface area contributed by atoms with E-state index in [4.69, 9.17) is 5.73 Å². The summed E-state index contributed by atoms with van der Waals surface area (Å²) in [5, 5.41) is 1.36. The molecule has 0 aliphatic carbocycles. The average Bonchev–Trinajstić information content (AvgIpc) is 2.46. The predicted octanol–water partition coefficient (Wildman–Crippen LogP) is 2.71. The molecule has 0 fully saturated rings. The van der Waals surface area contributed by atoms with Gasteiger partial charge < -0.3 is 5.73 Å². The van der Waals surface area contributed by atoms with Gasteiger partial charge in [-0.2, -0.15) is 0 Å². The molecule has 2 N–H and O–H groups in total. The average molecular weight is 191 g/mol. The van der Waals surface area contributed by atoms with Crippen LogP contribution >= 0.6 is 11.3 Å². The number of rotatable bonds is 2. The Labute approximate surface area is 82.2 Å². The van der Waals surface area contributed by atoms with Crippen LogP contribution in [0.2, 0.25) is 0 Å². The van der Waals surface area contributed by atoms with Crippen LogP contribution < -0.4 is 5.73 Å². The number of thiophene rings is 1. The van der Waals surface area contributed by atoms with Crippen LogP contribution in [0.25, 0.3) is 10.1 Å². The van der Waals surface area contributed by atoms with Gasteiger partial charge in [0.25, 0.3) is 0 Å². The molecule has 2 heteroatoms. The first-order valence-electron chi connectivity index (χ1n) is 4.49. The van der Waals surface area contributed by atoms with Gasteiger partial charge in [-0.3, -0.25) is 0 Å². The maximum Gasteiger partial charge on any atom is 0.0345 e. The quantitative estimate of drug-likeness (QED) is 0.776. The molecule has 1 aromatic heterocycles. The smallest absolute Gasteiger partial charge is 0.0345 e. The molecule has 0 atom stereocenters. The lowest BCUT2D eigenvalue weighted by molar-refractivity contribution is 0.989. The summed E-state index contributed by atoms with van der Waals surface area (Å²) >= 11 is 1.85. The van der Waals surface area contributed by atoms with E-state index in [-0.39, 0.29) is 0 Å². The molecule has 0 radical (unpaired) electrons. The molecule has 1 nitrogen and oxygen atoms in total. The summed E-state index contributed by atoms with van der Waals surface area (Å²) in [6.07, 6.45) is 0.998. The topological polar surface area (TPSA) is 26.0 Å². The SMILES string of the molecule is Cc1ccc2sc(CCN)cc2c1. The molecule has 0 aliphatic heterocycles. The van der Waals surface area contributed by atoms with Crippen molar-refractivity contribution in [2.24, 2.45) is 5.73 Å². The molecule has 13 heavy (non-hydrogen) atoms. The summed E-state index contributed by atoms with van der Waals surface area (Å²) in [5.41, 5.74) is 6.84. The van der Waals surface area contributed by atoms with Crippen LogP contribution in [0, 0.1) is 6.92 Å². The third-order valence-corrected chi connectivity index (χ3v) is 3.29. The van der Waals surface area contributed by atoms with E-state index >= 15 is 0 Å². The number of nitrogens with two attached hydrogens (primary N) is 1. The Hall–Kier alpha value is -0.860. The summed E-state index contributed by atoms with van der Waals surface area (Å²) in [7, 11) is 0. The van der Waals surface area contributed by atoms with Gasteiger partial charge in [-0.05, 0) is 37.4 Å². The van der Waals surface area contributed by atoms with Crippen LogP contribution in [0.5, 0.6) is 0 Å². The standard InChI is InChI=1S/C11H13NS/c1-8-2-3-11-9(6-8)7-10(13-11)4-5-12/h2-3,6-7H,4-5,12H2,1H3.